The van der Waals surface area contributed by atoms with Gasteiger partial charge in [-0.15, -0.1) is 0 Å². The van der Waals surface area contributed by atoms with E-state index in [9.17, 15) is 0 Å². The summed E-state index contributed by atoms with van der Waals surface area (Å²) in [4.78, 5) is 0. The van der Waals surface area contributed by atoms with E-state index in [1.165, 1.54) is 82.7 Å². The van der Waals surface area contributed by atoms with Gasteiger partial charge < -0.3 is 41.0 Å². The summed E-state index contributed by atoms with van der Waals surface area (Å²) < 4.78 is 4.43. The van der Waals surface area contributed by atoms with Crippen LogP contribution in [0.15, 0.2) is 55.1 Å². The van der Waals surface area contributed by atoms with Crippen molar-refractivity contribution in [3.8, 4) is 0 Å². The van der Waals surface area contributed by atoms with Crippen LogP contribution in [0.3, 0.4) is 0 Å². The fraction of sp³-hybridized carbons (Fsp3) is 0.565. The quantitative estimate of drug-likeness (QED) is 0.172. The number of hydrogen-bond donors (Lipinski definition) is 0. The van der Waals surface area contributed by atoms with Gasteiger partial charge in [0.25, 0.3) is 0 Å². The van der Waals surface area contributed by atoms with Gasteiger partial charge in [0.15, 0.2) is 24.8 Å². The largest absolute Gasteiger partial charge is 1.00 e. The van der Waals surface area contributed by atoms with Crippen LogP contribution in [0.4, 0.5) is 0 Å². The van der Waals surface area contributed by atoms with Crippen LogP contribution in [0.2, 0.25) is 0 Å². The van der Waals surface area contributed by atoms with Crippen molar-refractivity contribution in [3.05, 3.63) is 60.7 Å². The number of hydrogen-bond acceptors (Lipinski definition) is 0. The van der Waals surface area contributed by atoms with Crippen molar-refractivity contribution in [1.29, 1.82) is 0 Å². The fourth-order valence-corrected chi connectivity index (χ4v) is 3.42. The van der Waals surface area contributed by atoms with Crippen molar-refractivity contribution < 1.29 is 50.1 Å². The maximum absolute atomic E-state index is 2.29. The van der Waals surface area contributed by atoms with E-state index in [0.29, 0.717) is 0 Å². The highest BCUT2D eigenvalue weighted by Gasteiger charge is 1.99. The van der Waals surface area contributed by atoms with Crippen LogP contribution >= 0.6 is 0 Å². The molecular weight excluding hydrogens is 511 g/mol. The van der Waals surface area contributed by atoms with Gasteiger partial charge in [0.1, 0.15) is 13.6 Å². The van der Waals surface area contributed by atoms with Crippen molar-refractivity contribution >= 4 is 0 Å². The second-order valence-electron chi connectivity index (χ2n) is 7.28. The Kier molecular flexibility index (Phi) is 17.3. The van der Waals surface area contributed by atoms with Crippen LogP contribution < -0.4 is 50.1 Å². The zero-order valence-electron chi connectivity index (χ0n) is 16.8. The molecule has 0 aliphatic rings. The standard InChI is InChI=1S/C23H36N2.BrH.HI/c1-24-18-15-17-23(22-24)16-11-8-6-4-2-3-5-7-9-12-19-25-20-13-10-14-21-25;;/h10,13-15,17-18,20-22H,2-9,11-12,16,19H2,1H3;2*1H/q+2;;/p-2. The van der Waals surface area contributed by atoms with Gasteiger partial charge in [-0.05, 0) is 25.3 Å². The molecule has 2 rings (SSSR count). The third-order valence-electron chi connectivity index (χ3n) is 4.91. The Hall–Kier alpha value is -0.490. The van der Waals surface area contributed by atoms with Crippen LogP contribution in [0.1, 0.15) is 69.8 Å². The lowest BCUT2D eigenvalue weighted by molar-refractivity contribution is -0.697. The molecule has 0 spiro atoms. The summed E-state index contributed by atoms with van der Waals surface area (Å²) >= 11 is 0. The Morgan fingerprint density at radius 1 is 0.667 bits per heavy atom. The SMILES string of the molecule is C[n+]1cccc(CCCCCCCCCCCC[n+]2ccccc2)c1.[Br-].[I-]. The van der Waals surface area contributed by atoms with Gasteiger partial charge in [-0.2, -0.15) is 0 Å². The normalized spacial score (nSPS) is 10.1. The number of nitrogens with zero attached hydrogens (tertiary/aromatic N) is 2. The van der Waals surface area contributed by atoms with Crippen molar-refractivity contribution in [2.45, 2.75) is 77.2 Å². The Bertz CT molecular complexity index is 578. The molecular formula is C23H36BrIN2. The summed E-state index contributed by atoms with van der Waals surface area (Å²) in [5.74, 6) is 0. The van der Waals surface area contributed by atoms with Gasteiger partial charge in [0.05, 0.1) is 0 Å². The third kappa shape index (κ3) is 13.3. The van der Waals surface area contributed by atoms with Gasteiger partial charge in [-0.3, -0.25) is 0 Å². The van der Waals surface area contributed by atoms with E-state index in [1.54, 1.807) is 0 Å². The molecule has 0 aliphatic carbocycles. The van der Waals surface area contributed by atoms with E-state index in [2.05, 4.69) is 71.3 Å². The fourth-order valence-electron chi connectivity index (χ4n) is 3.42. The van der Waals surface area contributed by atoms with Crippen molar-refractivity contribution in [2.75, 3.05) is 0 Å². The number of aromatic nitrogens is 2. The molecule has 27 heavy (non-hydrogen) atoms. The summed E-state index contributed by atoms with van der Waals surface area (Å²) in [5, 5.41) is 0. The predicted molar refractivity (Wildman–Crippen MR) is 104 cm³/mol. The molecule has 0 atom stereocenters. The molecule has 152 valence electrons. The summed E-state index contributed by atoms with van der Waals surface area (Å²) in [5.41, 5.74) is 1.47. The first kappa shape index (κ1) is 26.5. The minimum atomic E-state index is 0. The molecule has 2 heterocycles. The van der Waals surface area contributed by atoms with E-state index in [-0.39, 0.29) is 41.0 Å². The smallest absolute Gasteiger partial charge is 0.171 e. The number of unbranched alkanes of at least 4 members (excludes halogenated alkanes) is 9. The predicted octanol–water partition coefficient (Wildman–Crippen LogP) is -1.05. The Labute approximate surface area is 194 Å². The zero-order valence-corrected chi connectivity index (χ0v) is 20.6. The Balaban J connectivity index is 0.00000338. The van der Waals surface area contributed by atoms with E-state index in [1.807, 2.05) is 0 Å². The Morgan fingerprint density at radius 2 is 1.22 bits per heavy atom. The van der Waals surface area contributed by atoms with Gasteiger partial charge in [-0.1, -0.05) is 51.0 Å². The molecule has 0 saturated carbocycles. The first-order valence-corrected chi connectivity index (χ1v) is 10.2. The molecule has 2 aromatic heterocycles. The number of pyridine rings is 2. The van der Waals surface area contributed by atoms with E-state index in [4.69, 9.17) is 0 Å². The van der Waals surface area contributed by atoms with Gasteiger partial charge in [0, 0.05) is 30.2 Å². The highest BCUT2D eigenvalue weighted by atomic mass is 127. The minimum Gasteiger partial charge on any atom is -1.00 e. The van der Waals surface area contributed by atoms with E-state index >= 15 is 0 Å². The molecule has 0 N–H and O–H groups in total. The molecule has 0 amide bonds. The molecule has 0 bridgehead atoms. The summed E-state index contributed by atoms with van der Waals surface area (Å²) in [6.07, 6.45) is 23.8. The molecule has 2 aromatic rings. The molecule has 0 radical (unpaired) electrons. The number of halogens is 2. The monoisotopic (exact) mass is 546 g/mol. The lowest BCUT2D eigenvalue weighted by Crippen LogP contribution is -3.00. The zero-order chi connectivity index (χ0) is 17.6. The maximum Gasteiger partial charge on any atom is 0.171 e. The summed E-state index contributed by atoms with van der Waals surface area (Å²) in [6.45, 7) is 1.17. The minimum absolute atomic E-state index is 0. The van der Waals surface area contributed by atoms with Crippen molar-refractivity contribution in [1.82, 2.24) is 0 Å². The molecule has 2 nitrogen and oxygen atoms in total. The first-order chi connectivity index (χ1) is 12.3. The first-order valence-electron chi connectivity index (χ1n) is 10.2. The number of aryl methyl sites for hydroxylation is 3. The third-order valence-corrected chi connectivity index (χ3v) is 4.91. The van der Waals surface area contributed by atoms with Crippen LogP contribution in [-0.4, -0.2) is 0 Å². The molecule has 0 aliphatic heterocycles. The molecule has 0 saturated heterocycles. The van der Waals surface area contributed by atoms with Crippen LogP contribution in [0.25, 0.3) is 0 Å². The van der Waals surface area contributed by atoms with E-state index < -0.39 is 0 Å². The average Bonchev–Trinajstić information content (AvgIpc) is 2.63. The second kappa shape index (κ2) is 17.6. The van der Waals surface area contributed by atoms with Crippen molar-refractivity contribution in [3.63, 3.8) is 0 Å². The second-order valence-corrected chi connectivity index (χ2v) is 7.28. The van der Waals surface area contributed by atoms with Crippen LogP contribution in [0.5, 0.6) is 0 Å². The summed E-state index contributed by atoms with van der Waals surface area (Å²) in [7, 11) is 2.10. The Morgan fingerprint density at radius 3 is 1.81 bits per heavy atom. The molecule has 0 fully saturated rings. The highest BCUT2D eigenvalue weighted by molar-refractivity contribution is 5.05. The van der Waals surface area contributed by atoms with Crippen molar-refractivity contribution in [2.24, 2.45) is 7.05 Å². The molecule has 4 heteroatoms. The maximum atomic E-state index is 2.29. The van der Waals surface area contributed by atoms with Gasteiger partial charge in [0.2, 0.25) is 0 Å². The van der Waals surface area contributed by atoms with Crippen LogP contribution in [0, 0.1) is 0 Å². The topological polar surface area (TPSA) is 7.76 Å². The highest BCUT2D eigenvalue weighted by Crippen LogP contribution is 2.12. The number of rotatable bonds is 13. The molecule has 0 aromatic carbocycles. The van der Waals surface area contributed by atoms with Gasteiger partial charge in [-0.25, -0.2) is 9.13 Å². The van der Waals surface area contributed by atoms with E-state index in [0.717, 1.165) is 0 Å². The van der Waals surface area contributed by atoms with Gasteiger partial charge >= 0.3 is 0 Å². The summed E-state index contributed by atoms with van der Waals surface area (Å²) in [6, 6.07) is 10.7. The lowest BCUT2D eigenvalue weighted by atomic mass is 10.0. The lowest BCUT2D eigenvalue weighted by Gasteiger charge is -2.03. The average molecular weight is 547 g/mol. The van der Waals surface area contributed by atoms with Crippen LogP contribution in [-0.2, 0) is 20.0 Å². The molecule has 0 unspecified atom stereocenters.